The van der Waals surface area contributed by atoms with Crippen LogP contribution in [0.25, 0.3) is 0 Å². The highest BCUT2D eigenvalue weighted by Crippen LogP contribution is 2.13. The maximum atomic E-state index is 11.0. The Morgan fingerprint density at radius 3 is 2.33 bits per heavy atom. The first-order valence-corrected chi connectivity index (χ1v) is 4.52. The molecule has 1 heterocycles. The van der Waals surface area contributed by atoms with Gasteiger partial charge in [-0.1, -0.05) is 0 Å². The van der Waals surface area contributed by atoms with Gasteiger partial charge in [0.2, 0.25) is 5.88 Å². The van der Waals surface area contributed by atoms with E-state index in [1.54, 1.807) is 0 Å². The standard InChI is InChI=1S/C10H14N2O3/c1-10(2,3)15-8-6-11-7(5-12-8)9(13)14-4/h5-6H,1-4H3. The first-order valence-electron chi connectivity index (χ1n) is 4.52. The van der Waals surface area contributed by atoms with E-state index < -0.39 is 5.97 Å². The lowest BCUT2D eigenvalue weighted by atomic mass is 10.2. The molecule has 15 heavy (non-hydrogen) atoms. The molecule has 0 saturated carbocycles. The smallest absolute Gasteiger partial charge is 0.358 e. The predicted octanol–water partition coefficient (Wildman–Crippen LogP) is 1.44. The molecule has 0 atom stereocenters. The summed E-state index contributed by atoms with van der Waals surface area (Å²) in [5, 5.41) is 0. The fraction of sp³-hybridized carbons (Fsp3) is 0.500. The molecule has 0 fully saturated rings. The Balaban J connectivity index is 2.77. The van der Waals surface area contributed by atoms with E-state index in [-0.39, 0.29) is 11.3 Å². The number of carbonyl (C=O) groups excluding carboxylic acids is 1. The van der Waals surface area contributed by atoms with E-state index in [1.807, 2.05) is 20.8 Å². The van der Waals surface area contributed by atoms with Crippen molar-refractivity contribution in [2.24, 2.45) is 0 Å². The van der Waals surface area contributed by atoms with Crippen molar-refractivity contribution in [2.45, 2.75) is 26.4 Å². The molecule has 0 aliphatic rings. The van der Waals surface area contributed by atoms with Gasteiger partial charge in [-0.2, -0.15) is 0 Å². The summed E-state index contributed by atoms with van der Waals surface area (Å²) in [6.07, 6.45) is 2.73. The van der Waals surface area contributed by atoms with Crippen molar-refractivity contribution in [2.75, 3.05) is 7.11 Å². The average Bonchev–Trinajstić information content (AvgIpc) is 2.15. The number of aromatic nitrogens is 2. The monoisotopic (exact) mass is 210 g/mol. The lowest BCUT2D eigenvalue weighted by Crippen LogP contribution is -2.23. The Morgan fingerprint density at radius 1 is 1.27 bits per heavy atom. The summed E-state index contributed by atoms with van der Waals surface area (Å²) in [6.45, 7) is 5.72. The molecule has 0 aliphatic heterocycles. The summed E-state index contributed by atoms with van der Waals surface area (Å²) < 4.78 is 9.94. The first-order chi connectivity index (χ1) is 6.92. The van der Waals surface area contributed by atoms with E-state index in [0.29, 0.717) is 5.88 Å². The third-order valence-electron chi connectivity index (χ3n) is 1.43. The molecule has 0 bridgehead atoms. The molecule has 0 N–H and O–H groups in total. The van der Waals surface area contributed by atoms with Crippen molar-refractivity contribution in [1.82, 2.24) is 9.97 Å². The highest BCUT2D eigenvalue weighted by molar-refractivity contribution is 5.86. The Kier molecular flexibility index (Phi) is 3.24. The Labute approximate surface area is 88.4 Å². The zero-order valence-electron chi connectivity index (χ0n) is 9.27. The number of hydrogen-bond acceptors (Lipinski definition) is 5. The van der Waals surface area contributed by atoms with Crippen molar-refractivity contribution in [3.05, 3.63) is 18.1 Å². The van der Waals surface area contributed by atoms with Crippen molar-refractivity contribution in [1.29, 1.82) is 0 Å². The van der Waals surface area contributed by atoms with Crippen LogP contribution in [0.2, 0.25) is 0 Å². The second-order valence-corrected chi connectivity index (χ2v) is 3.95. The molecule has 1 rings (SSSR count). The van der Waals surface area contributed by atoms with Gasteiger partial charge in [0.25, 0.3) is 0 Å². The SMILES string of the molecule is COC(=O)c1cnc(OC(C)(C)C)cn1. The first kappa shape index (κ1) is 11.4. The van der Waals surface area contributed by atoms with Crippen LogP contribution in [0, 0.1) is 0 Å². The summed E-state index contributed by atoms with van der Waals surface area (Å²) in [7, 11) is 1.30. The maximum absolute atomic E-state index is 11.0. The molecule has 5 nitrogen and oxygen atoms in total. The summed E-state index contributed by atoms with van der Waals surface area (Å²) in [5.74, 6) is -0.125. The van der Waals surface area contributed by atoms with E-state index in [1.165, 1.54) is 19.5 Å². The van der Waals surface area contributed by atoms with Crippen LogP contribution in [0.3, 0.4) is 0 Å². The molecule has 0 spiro atoms. The molecule has 1 aromatic rings. The molecule has 1 aromatic heterocycles. The lowest BCUT2D eigenvalue weighted by Gasteiger charge is -2.19. The van der Waals surface area contributed by atoms with Gasteiger partial charge < -0.3 is 9.47 Å². The summed E-state index contributed by atoms with van der Waals surface area (Å²) >= 11 is 0. The summed E-state index contributed by atoms with van der Waals surface area (Å²) in [4.78, 5) is 18.9. The van der Waals surface area contributed by atoms with Crippen LogP contribution in [-0.2, 0) is 4.74 Å². The molecule has 0 radical (unpaired) electrons. The minimum atomic E-state index is -0.509. The van der Waals surface area contributed by atoms with E-state index in [9.17, 15) is 4.79 Å². The quantitative estimate of drug-likeness (QED) is 0.691. The molecule has 0 unspecified atom stereocenters. The number of methoxy groups -OCH3 is 1. The highest BCUT2D eigenvalue weighted by atomic mass is 16.5. The molecule has 0 aliphatic carbocycles. The van der Waals surface area contributed by atoms with Gasteiger partial charge in [-0.15, -0.1) is 0 Å². The van der Waals surface area contributed by atoms with Crippen LogP contribution >= 0.6 is 0 Å². The van der Waals surface area contributed by atoms with Gasteiger partial charge in [0.1, 0.15) is 5.60 Å². The van der Waals surface area contributed by atoms with Gasteiger partial charge in [0.15, 0.2) is 5.69 Å². The normalized spacial score (nSPS) is 10.9. The summed E-state index contributed by atoms with van der Waals surface area (Å²) in [6, 6.07) is 0. The lowest BCUT2D eigenvalue weighted by molar-refractivity contribution is 0.0593. The second-order valence-electron chi connectivity index (χ2n) is 3.95. The molecule has 0 amide bonds. The van der Waals surface area contributed by atoms with Gasteiger partial charge in [-0.05, 0) is 20.8 Å². The minimum absolute atomic E-state index is 0.166. The van der Waals surface area contributed by atoms with Crippen molar-refractivity contribution >= 4 is 5.97 Å². The third-order valence-corrected chi connectivity index (χ3v) is 1.43. The number of ether oxygens (including phenoxy) is 2. The van der Waals surface area contributed by atoms with Gasteiger partial charge >= 0.3 is 5.97 Å². The minimum Gasteiger partial charge on any atom is -0.471 e. The highest BCUT2D eigenvalue weighted by Gasteiger charge is 2.14. The van der Waals surface area contributed by atoms with Crippen molar-refractivity contribution in [3.63, 3.8) is 0 Å². The molecule has 5 heteroatoms. The molecular formula is C10H14N2O3. The number of carbonyl (C=O) groups is 1. The molecule has 0 saturated heterocycles. The zero-order valence-corrected chi connectivity index (χ0v) is 9.27. The third kappa shape index (κ3) is 3.53. The van der Waals surface area contributed by atoms with E-state index in [4.69, 9.17) is 4.74 Å². The number of esters is 1. The molecular weight excluding hydrogens is 196 g/mol. The second kappa shape index (κ2) is 4.25. The largest absolute Gasteiger partial charge is 0.471 e. The fourth-order valence-corrected chi connectivity index (χ4v) is 0.893. The van der Waals surface area contributed by atoms with E-state index >= 15 is 0 Å². The van der Waals surface area contributed by atoms with E-state index in [0.717, 1.165) is 0 Å². The Bertz CT molecular complexity index is 341. The van der Waals surface area contributed by atoms with Crippen LogP contribution in [0.4, 0.5) is 0 Å². The van der Waals surface area contributed by atoms with Crippen LogP contribution in [0.15, 0.2) is 12.4 Å². The van der Waals surface area contributed by atoms with Gasteiger partial charge in [0.05, 0.1) is 19.5 Å². The summed E-state index contributed by atoms with van der Waals surface area (Å²) in [5.41, 5.74) is -0.166. The van der Waals surface area contributed by atoms with Gasteiger partial charge in [-0.25, -0.2) is 14.8 Å². The average molecular weight is 210 g/mol. The predicted molar refractivity (Wildman–Crippen MR) is 53.8 cm³/mol. The van der Waals surface area contributed by atoms with Crippen LogP contribution in [0.5, 0.6) is 5.88 Å². The Hall–Kier alpha value is -1.65. The number of hydrogen-bond donors (Lipinski definition) is 0. The maximum Gasteiger partial charge on any atom is 0.358 e. The van der Waals surface area contributed by atoms with Crippen molar-refractivity contribution in [3.8, 4) is 5.88 Å². The van der Waals surface area contributed by atoms with Crippen molar-refractivity contribution < 1.29 is 14.3 Å². The van der Waals surface area contributed by atoms with Crippen LogP contribution in [0.1, 0.15) is 31.3 Å². The number of nitrogens with zero attached hydrogens (tertiary/aromatic N) is 2. The number of rotatable bonds is 2. The van der Waals surface area contributed by atoms with Crippen LogP contribution in [-0.4, -0.2) is 28.6 Å². The molecule has 0 aromatic carbocycles. The topological polar surface area (TPSA) is 61.3 Å². The van der Waals surface area contributed by atoms with Gasteiger partial charge in [0, 0.05) is 0 Å². The van der Waals surface area contributed by atoms with Gasteiger partial charge in [-0.3, -0.25) is 0 Å². The fourth-order valence-electron chi connectivity index (χ4n) is 0.893. The van der Waals surface area contributed by atoms with Crippen LogP contribution < -0.4 is 4.74 Å². The zero-order chi connectivity index (χ0) is 11.5. The molecule has 82 valence electrons. The Morgan fingerprint density at radius 2 is 1.93 bits per heavy atom. The van der Waals surface area contributed by atoms with E-state index in [2.05, 4.69) is 14.7 Å².